The van der Waals surface area contributed by atoms with Crippen molar-refractivity contribution in [3.63, 3.8) is 0 Å². The van der Waals surface area contributed by atoms with Gasteiger partial charge in [0.05, 0.1) is 6.10 Å². The van der Waals surface area contributed by atoms with Crippen molar-refractivity contribution in [3.05, 3.63) is 34.6 Å². The van der Waals surface area contributed by atoms with E-state index in [0.29, 0.717) is 17.4 Å². The average Bonchev–Trinajstić information content (AvgIpc) is 2.11. The number of hydrogen-bond donors (Lipinski definition) is 1. The van der Waals surface area contributed by atoms with Crippen molar-refractivity contribution in [2.24, 2.45) is 5.92 Å². The number of rotatable bonds is 3. The molecule has 0 heterocycles. The van der Waals surface area contributed by atoms with Gasteiger partial charge in [-0.15, -0.1) is 0 Å². The van der Waals surface area contributed by atoms with E-state index in [0.717, 1.165) is 12.8 Å². The minimum atomic E-state index is -0.760. The van der Waals surface area contributed by atoms with E-state index in [2.05, 4.69) is 0 Å². The summed E-state index contributed by atoms with van der Waals surface area (Å²) in [4.78, 5) is 0. The third kappa shape index (κ3) is 2.32. The van der Waals surface area contributed by atoms with Crippen LogP contribution < -0.4 is 0 Å². The fraction of sp³-hybridized carbons (Fsp3) is 0.500. The van der Waals surface area contributed by atoms with Crippen LogP contribution in [0.1, 0.15) is 37.4 Å². The summed E-state index contributed by atoms with van der Waals surface area (Å²) < 4.78 is 13.4. The van der Waals surface area contributed by atoms with E-state index in [9.17, 15) is 9.50 Å². The Labute approximate surface area is 93.9 Å². The fourth-order valence-corrected chi connectivity index (χ4v) is 2.28. The number of aliphatic hydroxyl groups is 1. The highest BCUT2D eigenvalue weighted by Crippen LogP contribution is 2.37. The Bertz CT molecular complexity index is 329. The molecule has 1 fully saturated rings. The van der Waals surface area contributed by atoms with Gasteiger partial charge in [0.15, 0.2) is 0 Å². The molecule has 1 atom stereocenters. The summed E-state index contributed by atoms with van der Waals surface area (Å²) in [5.41, 5.74) is 0.256. The molecule has 1 aromatic rings. The average molecular weight is 229 g/mol. The summed E-state index contributed by atoms with van der Waals surface area (Å²) in [6, 6.07) is 4.51. The molecule has 15 heavy (non-hydrogen) atoms. The Morgan fingerprint density at radius 3 is 2.73 bits per heavy atom. The highest BCUT2D eigenvalue weighted by Gasteiger charge is 2.24. The van der Waals surface area contributed by atoms with E-state index in [1.165, 1.54) is 12.5 Å². The molecule has 0 aromatic heterocycles. The standard InChI is InChI=1S/C12H14ClFO/c13-9-5-2-6-10(14)12(9)11(15)7-8-3-1-4-8/h2,5-6,8,11,15H,1,3-4,7H2. The molecular formula is C12H14ClFO. The molecule has 0 spiro atoms. The summed E-state index contributed by atoms with van der Waals surface area (Å²) in [7, 11) is 0. The van der Waals surface area contributed by atoms with Crippen molar-refractivity contribution in [1.29, 1.82) is 0 Å². The van der Waals surface area contributed by atoms with Crippen molar-refractivity contribution in [2.45, 2.75) is 31.8 Å². The van der Waals surface area contributed by atoms with Crippen LogP contribution in [-0.2, 0) is 0 Å². The van der Waals surface area contributed by atoms with Crippen molar-refractivity contribution in [1.82, 2.24) is 0 Å². The van der Waals surface area contributed by atoms with Gasteiger partial charge in [-0.25, -0.2) is 4.39 Å². The zero-order chi connectivity index (χ0) is 10.8. The van der Waals surface area contributed by atoms with Crippen LogP contribution in [0.25, 0.3) is 0 Å². The van der Waals surface area contributed by atoms with E-state index < -0.39 is 11.9 Å². The molecule has 0 amide bonds. The molecule has 1 saturated carbocycles. The molecule has 1 aromatic carbocycles. The minimum absolute atomic E-state index is 0.256. The monoisotopic (exact) mass is 228 g/mol. The van der Waals surface area contributed by atoms with E-state index in [1.54, 1.807) is 12.1 Å². The molecule has 0 bridgehead atoms. The largest absolute Gasteiger partial charge is 0.388 e. The molecule has 82 valence electrons. The second-order valence-corrected chi connectivity index (χ2v) is 4.59. The summed E-state index contributed by atoms with van der Waals surface area (Å²) >= 11 is 5.87. The molecule has 1 unspecified atom stereocenters. The first-order valence-electron chi connectivity index (χ1n) is 5.30. The van der Waals surface area contributed by atoms with Crippen molar-refractivity contribution in [3.8, 4) is 0 Å². The first-order chi connectivity index (χ1) is 7.18. The number of benzene rings is 1. The predicted octanol–water partition coefficient (Wildman–Crippen LogP) is 3.70. The van der Waals surface area contributed by atoms with Gasteiger partial charge in [-0.05, 0) is 24.5 Å². The second kappa shape index (κ2) is 4.50. The van der Waals surface area contributed by atoms with Gasteiger partial charge in [0, 0.05) is 10.6 Å². The van der Waals surface area contributed by atoms with E-state index in [-0.39, 0.29) is 5.56 Å². The van der Waals surface area contributed by atoms with Crippen LogP contribution >= 0.6 is 11.6 Å². The zero-order valence-electron chi connectivity index (χ0n) is 8.42. The van der Waals surface area contributed by atoms with E-state index in [1.807, 2.05) is 0 Å². The summed E-state index contributed by atoms with van der Waals surface area (Å²) in [6.45, 7) is 0. The van der Waals surface area contributed by atoms with Gasteiger partial charge in [0.25, 0.3) is 0 Å². The molecule has 0 aliphatic heterocycles. The fourth-order valence-electron chi connectivity index (χ4n) is 1.99. The third-order valence-electron chi connectivity index (χ3n) is 3.11. The molecule has 3 heteroatoms. The zero-order valence-corrected chi connectivity index (χ0v) is 9.17. The quantitative estimate of drug-likeness (QED) is 0.837. The van der Waals surface area contributed by atoms with E-state index in [4.69, 9.17) is 11.6 Å². The van der Waals surface area contributed by atoms with Gasteiger partial charge < -0.3 is 5.11 Å². The maximum atomic E-state index is 13.4. The number of aliphatic hydroxyl groups excluding tert-OH is 1. The molecule has 1 aliphatic carbocycles. The maximum Gasteiger partial charge on any atom is 0.130 e. The van der Waals surface area contributed by atoms with Crippen LogP contribution in [0.15, 0.2) is 18.2 Å². The maximum absolute atomic E-state index is 13.4. The SMILES string of the molecule is OC(CC1CCC1)c1c(F)cccc1Cl. The van der Waals surface area contributed by atoms with Crippen LogP contribution in [0, 0.1) is 11.7 Å². The predicted molar refractivity (Wildman–Crippen MR) is 58.3 cm³/mol. The second-order valence-electron chi connectivity index (χ2n) is 4.18. The lowest BCUT2D eigenvalue weighted by molar-refractivity contribution is 0.115. The Morgan fingerprint density at radius 2 is 2.20 bits per heavy atom. The Hall–Kier alpha value is -0.600. The highest BCUT2D eigenvalue weighted by atomic mass is 35.5. The smallest absolute Gasteiger partial charge is 0.130 e. The summed E-state index contributed by atoms with van der Waals surface area (Å²) in [5, 5.41) is 10.2. The first-order valence-corrected chi connectivity index (χ1v) is 5.68. The van der Waals surface area contributed by atoms with Crippen molar-refractivity contribution >= 4 is 11.6 Å². The lowest BCUT2D eigenvalue weighted by Crippen LogP contribution is -2.15. The van der Waals surface area contributed by atoms with Gasteiger partial charge in [0.2, 0.25) is 0 Å². The normalized spacial score (nSPS) is 18.6. The Kier molecular flexibility index (Phi) is 3.27. The van der Waals surface area contributed by atoms with Crippen LogP contribution in [0.4, 0.5) is 4.39 Å². The third-order valence-corrected chi connectivity index (χ3v) is 3.44. The van der Waals surface area contributed by atoms with Gasteiger partial charge in [0.1, 0.15) is 5.82 Å². The molecule has 0 radical (unpaired) electrons. The summed E-state index contributed by atoms with van der Waals surface area (Å²) in [6.07, 6.45) is 3.37. The van der Waals surface area contributed by atoms with E-state index >= 15 is 0 Å². The topological polar surface area (TPSA) is 20.2 Å². The molecule has 2 rings (SSSR count). The van der Waals surface area contributed by atoms with Gasteiger partial charge in [-0.3, -0.25) is 0 Å². The van der Waals surface area contributed by atoms with Gasteiger partial charge in [-0.1, -0.05) is 36.9 Å². The van der Waals surface area contributed by atoms with Crippen LogP contribution in [0.5, 0.6) is 0 Å². The number of halogens is 2. The van der Waals surface area contributed by atoms with Crippen LogP contribution in [-0.4, -0.2) is 5.11 Å². The lowest BCUT2D eigenvalue weighted by atomic mass is 9.80. The number of hydrogen-bond acceptors (Lipinski definition) is 1. The summed E-state index contributed by atoms with van der Waals surface area (Å²) in [5.74, 6) is 0.130. The van der Waals surface area contributed by atoms with Gasteiger partial charge >= 0.3 is 0 Å². The first kappa shape index (κ1) is 10.9. The molecular weight excluding hydrogens is 215 g/mol. The Balaban J connectivity index is 2.12. The molecule has 1 aliphatic rings. The Morgan fingerprint density at radius 1 is 1.47 bits per heavy atom. The highest BCUT2D eigenvalue weighted by molar-refractivity contribution is 6.31. The van der Waals surface area contributed by atoms with Crippen molar-refractivity contribution < 1.29 is 9.50 Å². The molecule has 1 N–H and O–H groups in total. The minimum Gasteiger partial charge on any atom is -0.388 e. The van der Waals surface area contributed by atoms with Crippen LogP contribution in [0.2, 0.25) is 5.02 Å². The lowest BCUT2D eigenvalue weighted by Gasteiger charge is -2.28. The molecule has 1 nitrogen and oxygen atoms in total. The van der Waals surface area contributed by atoms with Gasteiger partial charge in [-0.2, -0.15) is 0 Å². The van der Waals surface area contributed by atoms with Crippen molar-refractivity contribution in [2.75, 3.05) is 0 Å². The molecule has 0 saturated heterocycles. The van der Waals surface area contributed by atoms with Crippen LogP contribution in [0.3, 0.4) is 0 Å².